The Morgan fingerprint density at radius 2 is 1.73 bits per heavy atom. The summed E-state index contributed by atoms with van der Waals surface area (Å²) in [6.45, 7) is 0.417. The van der Waals surface area contributed by atoms with E-state index in [9.17, 15) is 20.2 Å². The highest BCUT2D eigenvalue weighted by Crippen LogP contribution is 2.30. The van der Waals surface area contributed by atoms with Gasteiger partial charge in [0, 0.05) is 23.3 Å². The van der Waals surface area contributed by atoms with Gasteiger partial charge in [-0.25, -0.2) is 0 Å². The third-order valence-corrected chi connectivity index (χ3v) is 5.76. The van der Waals surface area contributed by atoms with Crippen LogP contribution < -0.4 is 14.8 Å². The second-order valence-corrected chi connectivity index (χ2v) is 8.37. The fourth-order valence-corrected chi connectivity index (χ4v) is 3.86. The number of carbonyl (C=O) groups excluding carboxylic acids is 1. The molecule has 0 unspecified atom stereocenters. The van der Waals surface area contributed by atoms with Crippen LogP contribution in [0.25, 0.3) is 11.6 Å². The zero-order valence-corrected chi connectivity index (χ0v) is 20.1. The van der Waals surface area contributed by atoms with E-state index in [0.29, 0.717) is 22.6 Å². The van der Waals surface area contributed by atoms with Crippen molar-refractivity contribution < 1.29 is 19.2 Å². The zero-order chi connectivity index (χ0) is 26.0. The number of hydrogen-bond donors (Lipinski definition) is 1. The minimum atomic E-state index is -0.534. The highest BCUT2D eigenvalue weighted by Gasteiger charge is 2.16. The van der Waals surface area contributed by atoms with Crippen molar-refractivity contribution in [3.63, 3.8) is 0 Å². The highest BCUT2D eigenvalue weighted by molar-refractivity contribution is 7.16. The number of anilines is 1. The average molecular weight is 514 g/mol. The maximum absolute atomic E-state index is 12.4. The largest absolute Gasteiger partial charge is 0.490 e. The summed E-state index contributed by atoms with van der Waals surface area (Å²) in [7, 11) is 0. The van der Waals surface area contributed by atoms with Crippen LogP contribution in [0.2, 0.25) is 0 Å². The fraction of sp³-hybridized carbons (Fsp3) is 0.0769. The monoisotopic (exact) mass is 513 g/mol. The lowest BCUT2D eigenvalue weighted by molar-refractivity contribution is -0.384. The van der Waals surface area contributed by atoms with Crippen LogP contribution in [-0.4, -0.2) is 34.2 Å². The Morgan fingerprint density at radius 1 is 1.03 bits per heavy atom. The Morgan fingerprint density at radius 3 is 2.43 bits per heavy atom. The molecule has 1 amide bonds. The number of non-ortho nitro benzene ring substituents is 1. The molecule has 37 heavy (non-hydrogen) atoms. The van der Waals surface area contributed by atoms with Crippen LogP contribution in [-0.2, 0) is 0 Å². The van der Waals surface area contributed by atoms with E-state index in [-0.39, 0.29) is 40.5 Å². The van der Waals surface area contributed by atoms with Gasteiger partial charge in [0.05, 0.1) is 10.5 Å². The molecule has 0 saturated carbocycles. The Labute approximate surface area is 215 Å². The van der Waals surface area contributed by atoms with E-state index in [4.69, 9.17) is 9.47 Å². The van der Waals surface area contributed by atoms with E-state index in [1.54, 1.807) is 30.3 Å². The Kier molecular flexibility index (Phi) is 8.15. The first kappa shape index (κ1) is 25.0. The number of ether oxygens (including phenoxy) is 2. The lowest BCUT2D eigenvalue weighted by Gasteiger charge is -2.11. The van der Waals surface area contributed by atoms with Gasteiger partial charge in [-0.1, -0.05) is 47.7 Å². The van der Waals surface area contributed by atoms with Crippen LogP contribution in [0, 0.1) is 21.4 Å². The summed E-state index contributed by atoms with van der Waals surface area (Å²) in [6, 6.07) is 23.9. The molecule has 184 valence electrons. The van der Waals surface area contributed by atoms with E-state index < -0.39 is 4.92 Å². The summed E-state index contributed by atoms with van der Waals surface area (Å²) in [5, 5.41) is 32.1. The summed E-state index contributed by atoms with van der Waals surface area (Å²) in [6.07, 6.45) is 1.43. The van der Waals surface area contributed by atoms with Gasteiger partial charge in [0.15, 0.2) is 5.01 Å². The van der Waals surface area contributed by atoms with Gasteiger partial charge in [0.2, 0.25) is 5.13 Å². The molecule has 0 atom stereocenters. The predicted octanol–water partition coefficient (Wildman–Crippen LogP) is 5.22. The van der Waals surface area contributed by atoms with Crippen LogP contribution in [0.15, 0.2) is 78.9 Å². The van der Waals surface area contributed by atoms with Gasteiger partial charge in [0.1, 0.15) is 30.8 Å². The molecule has 0 bridgehead atoms. The molecule has 0 fully saturated rings. The molecule has 0 saturated heterocycles. The van der Waals surface area contributed by atoms with Crippen molar-refractivity contribution in [2.24, 2.45) is 0 Å². The van der Waals surface area contributed by atoms with Gasteiger partial charge in [0.25, 0.3) is 11.6 Å². The number of nitrogens with one attached hydrogen (secondary N) is 1. The van der Waals surface area contributed by atoms with Crippen LogP contribution >= 0.6 is 11.3 Å². The van der Waals surface area contributed by atoms with Crippen molar-refractivity contribution >= 4 is 39.7 Å². The van der Waals surface area contributed by atoms with Crippen molar-refractivity contribution in [2.45, 2.75) is 0 Å². The first-order chi connectivity index (χ1) is 18.0. The quantitative estimate of drug-likeness (QED) is 0.132. The molecular formula is C26H19N5O5S. The number of rotatable bonds is 10. The molecule has 4 aromatic rings. The second kappa shape index (κ2) is 12.1. The molecule has 0 radical (unpaired) electrons. The van der Waals surface area contributed by atoms with E-state index in [1.807, 2.05) is 36.4 Å². The van der Waals surface area contributed by atoms with Gasteiger partial charge in [-0.15, -0.1) is 10.2 Å². The number of nitriles is 1. The van der Waals surface area contributed by atoms with E-state index in [2.05, 4.69) is 15.5 Å². The average Bonchev–Trinajstić information content (AvgIpc) is 3.39. The maximum atomic E-state index is 12.4. The third kappa shape index (κ3) is 6.74. The van der Waals surface area contributed by atoms with Crippen molar-refractivity contribution in [3.05, 3.63) is 105 Å². The molecule has 0 aliphatic carbocycles. The van der Waals surface area contributed by atoms with E-state index in [0.717, 1.165) is 11.3 Å². The van der Waals surface area contributed by atoms with E-state index >= 15 is 0 Å². The minimum absolute atomic E-state index is 0.101. The normalized spacial score (nSPS) is 10.8. The molecule has 0 aliphatic heterocycles. The minimum Gasteiger partial charge on any atom is -0.490 e. The van der Waals surface area contributed by atoms with Gasteiger partial charge < -0.3 is 9.47 Å². The van der Waals surface area contributed by atoms with Crippen LogP contribution in [0.3, 0.4) is 0 Å². The molecule has 1 N–H and O–H groups in total. The Balaban J connectivity index is 1.51. The van der Waals surface area contributed by atoms with Crippen molar-refractivity contribution in [1.29, 1.82) is 5.26 Å². The first-order valence-corrected chi connectivity index (χ1v) is 11.8. The number of carbonyl (C=O) groups is 1. The number of benzene rings is 3. The van der Waals surface area contributed by atoms with Gasteiger partial charge in [-0.3, -0.25) is 20.2 Å². The maximum Gasteiger partial charge on any atom is 0.270 e. The predicted molar refractivity (Wildman–Crippen MR) is 138 cm³/mol. The number of allylic oxidation sites excluding steroid dienone is 1. The van der Waals surface area contributed by atoms with Crippen molar-refractivity contribution in [3.8, 4) is 17.6 Å². The van der Waals surface area contributed by atoms with Crippen molar-refractivity contribution in [2.75, 3.05) is 18.5 Å². The SMILES string of the molecule is N#C/C(=C\c1cc([N+](=O)[O-])ccc1OCCOc1ccccc1)c1nnc(NC(=O)c2ccccc2)s1. The zero-order valence-electron chi connectivity index (χ0n) is 19.2. The number of nitro benzene ring substituents is 1. The number of nitro groups is 1. The lowest BCUT2D eigenvalue weighted by atomic mass is 10.1. The number of hydrogen-bond acceptors (Lipinski definition) is 9. The van der Waals surface area contributed by atoms with Crippen molar-refractivity contribution in [1.82, 2.24) is 10.2 Å². The molecular weight excluding hydrogens is 494 g/mol. The van der Waals surface area contributed by atoms with Gasteiger partial charge in [-0.05, 0) is 36.4 Å². The Bertz CT molecular complexity index is 1470. The van der Waals surface area contributed by atoms with Crippen LogP contribution in [0.5, 0.6) is 11.5 Å². The van der Waals surface area contributed by atoms with Gasteiger partial charge in [-0.2, -0.15) is 5.26 Å². The summed E-state index contributed by atoms with van der Waals surface area (Å²) in [5.74, 6) is 0.656. The summed E-state index contributed by atoms with van der Waals surface area (Å²) in [5.41, 5.74) is 0.702. The number of aromatic nitrogens is 2. The number of para-hydroxylation sites is 1. The molecule has 1 aromatic heterocycles. The molecule has 10 nitrogen and oxygen atoms in total. The molecule has 4 rings (SSSR count). The first-order valence-electron chi connectivity index (χ1n) is 10.9. The standard InChI is InChI=1S/C26H19N5O5S/c27-17-20(25-29-30-26(37-25)28-24(32)18-7-3-1-4-8-18)15-19-16-21(31(33)34)11-12-23(19)36-14-13-35-22-9-5-2-6-10-22/h1-12,15-16H,13-14H2,(H,28,30,32)/b20-15+. The van der Waals surface area contributed by atoms with Gasteiger partial charge >= 0.3 is 0 Å². The molecule has 0 aliphatic rings. The topological polar surface area (TPSA) is 140 Å². The summed E-state index contributed by atoms with van der Waals surface area (Å²) >= 11 is 1.00. The second-order valence-electron chi connectivity index (χ2n) is 7.39. The van der Waals surface area contributed by atoms with Crippen LogP contribution in [0.1, 0.15) is 20.9 Å². The highest BCUT2D eigenvalue weighted by atomic mass is 32.1. The summed E-state index contributed by atoms with van der Waals surface area (Å²) in [4.78, 5) is 23.2. The Hall–Kier alpha value is -5.08. The van der Waals surface area contributed by atoms with E-state index in [1.165, 1.54) is 24.3 Å². The molecule has 0 spiro atoms. The number of nitrogens with zero attached hydrogens (tertiary/aromatic N) is 4. The smallest absolute Gasteiger partial charge is 0.270 e. The molecule has 11 heteroatoms. The molecule has 3 aromatic carbocycles. The summed E-state index contributed by atoms with van der Waals surface area (Å²) < 4.78 is 11.4. The van der Waals surface area contributed by atoms with Crippen LogP contribution in [0.4, 0.5) is 10.8 Å². The molecule has 1 heterocycles. The number of amides is 1. The third-order valence-electron chi connectivity index (χ3n) is 4.89. The lowest BCUT2D eigenvalue weighted by Crippen LogP contribution is -2.11. The fourth-order valence-electron chi connectivity index (χ4n) is 3.16.